The van der Waals surface area contributed by atoms with Crippen molar-refractivity contribution in [2.45, 2.75) is 13.0 Å². The van der Waals surface area contributed by atoms with Crippen molar-refractivity contribution in [2.75, 3.05) is 24.7 Å². The van der Waals surface area contributed by atoms with E-state index in [0.717, 1.165) is 46.4 Å². The van der Waals surface area contributed by atoms with Crippen molar-refractivity contribution in [2.24, 2.45) is 0 Å². The summed E-state index contributed by atoms with van der Waals surface area (Å²) in [5.74, 6) is 2.10. The molecule has 0 saturated heterocycles. The topological polar surface area (TPSA) is 45.1 Å². The third kappa shape index (κ3) is 4.45. The van der Waals surface area contributed by atoms with Gasteiger partial charge in [-0.3, -0.25) is 4.98 Å². The van der Waals surface area contributed by atoms with E-state index in [4.69, 9.17) is 5.11 Å². The van der Waals surface area contributed by atoms with Crippen LogP contribution in [0.15, 0.2) is 34.9 Å². The molecular formula is C15H19BrN2OS. The summed E-state index contributed by atoms with van der Waals surface area (Å²) in [6.45, 7) is 2.10. The second kappa shape index (κ2) is 8.62. The van der Waals surface area contributed by atoms with Gasteiger partial charge in [-0.05, 0) is 29.9 Å². The monoisotopic (exact) mass is 354 g/mol. The first kappa shape index (κ1) is 15.8. The molecule has 1 heterocycles. The smallest absolute Gasteiger partial charge is 0.0758 e. The summed E-state index contributed by atoms with van der Waals surface area (Å²) < 4.78 is 1.09. The first-order valence-corrected chi connectivity index (χ1v) is 8.69. The largest absolute Gasteiger partial charge is 0.396 e. The van der Waals surface area contributed by atoms with Crippen LogP contribution < -0.4 is 5.32 Å². The van der Waals surface area contributed by atoms with E-state index in [1.54, 1.807) is 0 Å². The predicted molar refractivity (Wildman–Crippen MR) is 90.2 cm³/mol. The van der Waals surface area contributed by atoms with E-state index in [9.17, 15) is 0 Å². The van der Waals surface area contributed by atoms with Crippen molar-refractivity contribution >= 4 is 38.6 Å². The van der Waals surface area contributed by atoms with E-state index >= 15 is 0 Å². The number of hydrogen-bond donors (Lipinski definition) is 2. The number of aliphatic hydroxyl groups excluding tert-OH is 1. The van der Waals surface area contributed by atoms with Crippen molar-refractivity contribution in [3.05, 3.63) is 40.5 Å². The van der Waals surface area contributed by atoms with E-state index in [2.05, 4.69) is 44.4 Å². The molecule has 20 heavy (non-hydrogen) atoms. The fraction of sp³-hybridized carbons (Fsp3) is 0.400. The Kier molecular flexibility index (Phi) is 6.79. The summed E-state index contributed by atoms with van der Waals surface area (Å²) in [5, 5.41) is 13.3. The Balaban J connectivity index is 1.86. The molecule has 0 amide bonds. The number of nitrogens with zero attached hydrogens (tertiary/aromatic N) is 1. The van der Waals surface area contributed by atoms with Gasteiger partial charge in [-0.1, -0.05) is 28.1 Å². The SMILES string of the molecule is OCCCSCCNCc1ccc(Br)c2cccnc12. The van der Waals surface area contributed by atoms with Gasteiger partial charge in [-0.25, -0.2) is 0 Å². The van der Waals surface area contributed by atoms with Crippen LogP contribution >= 0.6 is 27.7 Å². The van der Waals surface area contributed by atoms with Crippen LogP contribution in [0.25, 0.3) is 10.9 Å². The summed E-state index contributed by atoms with van der Waals surface area (Å²) in [7, 11) is 0. The third-order valence-electron chi connectivity index (χ3n) is 2.99. The lowest BCUT2D eigenvalue weighted by Gasteiger charge is -2.08. The molecular weight excluding hydrogens is 336 g/mol. The number of hydrogen-bond acceptors (Lipinski definition) is 4. The summed E-state index contributed by atoms with van der Waals surface area (Å²) in [5.41, 5.74) is 2.28. The maximum absolute atomic E-state index is 8.70. The minimum Gasteiger partial charge on any atom is -0.396 e. The van der Waals surface area contributed by atoms with Gasteiger partial charge in [0.15, 0.2) is 0 Å². The number of rotatable bonds is 8. The zero-order chi connectivity index (χ0) is 14.2. The normalized spacial score (nSPS) is 11.1. The van der Waals surface area contributed by atoms with Crippen LogP contribution in [-0.4, -0.2) is 34.7 Å². The van der Waals surface area contributed by atoms with Crippen LogP contribution in [0.4, 0.5) is 0 Å². The fourth-order valence-electron chi connectivity index (χ4n) is 1.98. The molecule has 0 fully saturated rings. The molecule has 0 radical (unpaired) electrons. The van der Waals surface area contributed by atoms with Crippen LogP contribution in [-0.2, 0) is 6.54 Å². The quantitative estimate of drug-likeness (QED) is 0.714. The highest BCUT2D eigenvalue weighted by molar-refractivity contribution is 9.10. The van der Waals surface area contributed by atoms with Crippen LogP contribution in [0.2, 0.25) is 0 Å². The van der Waals surface area contributed by atoms with Gasteiger partial charge < -0.3 is 10.4 Å². The minimum absolute atomic E-state index is 0.289. The molecule has 0 aliphatic rings. The summed E-state index contributed by atoms with van der Waals surface area (Å²) in [6, 6.07) is 8.24. The van der Waals surface area contributed by atoms with Gasteiger partial charge in [0.05, 0.1) is 5.52 Å². The highest BCUT2D eigenvalue weighted by atomic mass is 79.9. The Bertz CT molecular complexity index is 550. The highest BCUT2D eigenvalue weighted by Gasteiger charge is 2.04. The lowest BCUT2D eigenvalue weighted by Crippen LogP contribution is -2.17. The molecule has 108 valence electrons. The molecule has 5 heteroatoms. The first-order valence-electron chi connectivity index (χ1n) is 6.74. The maximum atomic E-state index is 8.70. The van der Waals surface area contributed by atoms with Crippen molar-refractivity contribution in [1.29, 1.82) is 0 Å². The molecule has 0 spiro atoms. The van der Waals surface area contributed by atoms with Gasteiger partial charge in [0.2, 0.25) is 0 Å². The third-order valence-corrected chi connectivity index (χ3v) is 4.75. The molecule has 1 aromatic carbocycles. The number of fused-ring (bicyclic) bond motifs is 1. The lowest BCUT2D eigenvalue weighted by molar-refractivity contribution is 0.296. The maximum Gasteiger partial charge on any atom is 0.0758 e. The fourth-order valence-corrected chi connectivity index (χ4v) is 3.25. The number of aliphatic hydroxyl groups is 1. The van der Waals surface area contributed by atoms with E-state index in [-0.39, 0.29) is 6.61 Å². The molecule has 1 aromatic heterocycles. The van der Waals surface area contributed by atoms with Crippen molar-refractivity contribution < 1.29 is 5.11 Å². The molecule has 3 nitrogen and oxygen atoms in total. The van der Waals surface area contributed by atoms with Crippen molar-refractivity contribution in [1.82, 2.24) is 10.3 Å². The summed E-state index contributed by atoms with van der Waals surface area (Å²) in [6.07, 6.45) is 2.72. The second-order valence-electron chi connectivity index (χ2n) is 4.47. The van der Waals surface area contributed by atoms with E-state index in [1.165, 1.54) is 5.56 Å². The zero-order valence-corrected chi connectivity index (χ0v) is 13.7. The van der Waals surface area contributed by atoms with Gasteiger partial charge in [0.1, 0.15) is 0 Å². The van der Waals surface area contributed by atoms with Gasteiger partial charge in [-0.15, -0.1) is 0 Å². The number of pyridine rings is 1. The average molecular weight is 355 g/mol. The number of nitrogens with one attached hydrogen (secondary N) is 1. The van der Waals surface area contributed by atoms with Crippen LogP contribution in [0.5, 0.6) is 0 Å². The Labute approximate surface area is 132 Å². The van der Waals surface area contributed by atoms with E-state index in [0.29, 0.717) is 0 Å². The van der Waals surface area contributed by atoms with Crippen LogP contribution in [0.3, 0.4) is 0 Å². The second-order valence-corrected chi connectivity index (χ2v) is 6.55. The number of thioether (sulfide) groups is 1. The summed E-state index contributed by atoms with van der Waals surface area (Å²) >= 11 is 5.44. The number of halogens is 1. The van der Waals surface area contributed by atoms with E-state index in [1.807, 2.05) is 24.0 Å². The molecule has 2 N–H and O–H groups in total. The number of benzene rings is 1. The molecule has 2 aromatic rings. The average Bonchev–Trinajstić information content (AvgIpc) is 2.49. The molecule has 0 aliphatic carbocycles. The summed E-state index contributed by atoms with van der Waals surface area (Å²) in [4.78, 5) is 4.48. The lowest BCUT2D eigenvalue weighted by atomic mass is 10.1. The molecule has 0 unspecified atom stereocenters. The molecule has 0 saturated carbocycles. The van der Waals surface area contributed by atoms with Gasteiger partial charge in [0.25, 0.3) is 0 Å². The predicted octanol–water partition coefficient (Wildman–Crippen LogP) is 3.20. The van der Waals surface area contributed by atoms with Gasteiger partial charge in [-0.2, -0.15) is 11.8 Å². The highest BCUT2D eigenvalue weighted by Crippen LogP contribution is 2.25. The van der Waals surface area contributed by atoms with E-state index < -0.39 is 0 Å². The molecule has 0 aliphatic heterocycles. The number of aromatic nitrogens is 1. The van der Waals surface area contributed by atoms with Crippen molar-refractivity contribution in [3.8, 4) is 0 Å². The Morgan fingerprint density at radius 2 is 2.15 bits per heavy atom. The van der Waals surface area contributed by atoms with Crippen molar-refractivity contribution in [3.63, 3.8) is 0 Å². The Morgan fingerprint density at radius 1 is 1.25 bits per heavy atom. The van der Waals surface area contributed by atoms with Crippen LogP contribution in [0, 0.1) is 0 Å². The Morgan fingerprint density at radius 3 is 3.00 bits per heavy atom. The molecule has 0 atom stereocenters. The Hall–Kier alpha value is -0.620. The van der Waals surface area contributed by atoms with Gasteiger partial charge in [0, 0.05) is 41.5 Å². The van der Waals surface area contributed by atoms with Crippen LogP contribution in [0.1, 0.15) is 12.0 Å². The first-order chi connectivity index (χ1) is 9.83. The standard InChI is InChI=1S/C15H19BrN2OS/c16-14-5-4-12(15-13(14)3-1-6-18-15)11-17-7-10-20-9-2-8-19/h1,3-6,17,19H,2,7-11H2. The van der Waals surface area contributed by atoms with Gasteiger partial charge >= 0.3 is 0 Å². The zero-order valence-electron chi connectivity index (χ0n) is 11.3. The minimum atomic E-state index is 0.289. The molecule has 2 rings (SSSR count). The molecule has 0 bridgehead atoms.